The molecule has 0 radical (unpaired) electrons. The van der Waals surface area contributed by atoms with E-state index in [1.165, 1.54) is 35.9 Å². The average Bonchev–Trinajstić information content (AvgIpc) is 3.17. The van der Waals surface area contributed by atoms with Crippen molar-refractivity contribution in [2.75, 3.05) is 26.5 Å². The molecule has 0 amide bonds. The molecule has 8 nitrogen and oxygen atoms in total. The van der Waals surface area contributed by atoms with Gasteiger partial charge < -0.3 is 4.74 Å². The first-order valence-corrected chi connectivity index (χ1v) is 14.2. The van der Waals surface area contributed by atoms with Gasteiger partial charge in [0.05, 0.1) is 23.8 Å². The van der Waals surface area contributed by atoms with Crippen LogP contribution in [0.25, 0.3) is 10.9 Å². The van der Waals surface area contributed by atoms with Gasteiger partial charge in [-0.15, -0.1) is 0 Å². The molecule has 3 aromatic rings. The van der Waals surface area contributed by atoms with E-state index in [0.717, 1.165) is 20.7 Å². The number of nitrogens with zero attached hydrogens (tertiary/aromatic N) is 2. The van der Waals surface area contributed by atoms with Gasteiger partial charge in [-0.1, -0.05) is 17.7 Å². The molecule has 1 aromatic heterocycles. The maximum Gasteiger partial charge on any atom is 0.355 e. The molecule has 0 atom stereocenters. The summed E-state index contributed by atoms with van der Waals surface area (Å²) in [5.41, 5.74) is 3.17. The lowest BCUT2D eigenvalue weighted by Crippen LogP contribution is -2.37. The van der Waals surface area contributed by atoms with Crippen LogP contribution in [-0.2, 0) is 24.8 Å². The Labute approximate surface area is 200 Å². The molecule has 1 saturated heterocycles. The molecule has 0 aliphatic carbocycles. The summed E-state index contributed by atoms with van der Waals surface area (Å²) in [6.45, 7) is 4.64. The molecule has 2 aromatic carbocycles. The van der Waals surface area contributed by atoms with E-state index in [9.17, 15) is 21.6 Å². The number of aryl methyl sites for hydroxylation is 2. The minimum atomic E-state index is -4.08. The van der Waals surface area contributed by atoms with Crippen molar-refractivity contribution in [3.05, 3.63) is 64.8 Å². The van der Waals surface area contributed by atoms with Gasteiger partial charge in [0, 0.05) is 18.5 Å². The van der Waals surface area contributed by atoms with E-state index in [1.54, 1.807) is 12.1 Å². The fourth-order valence-electron chi connectivity index (χ4n) is 4.62. The summed E-state index contributed by atoms with van der Waals surface area (Å²) >= 11 is 0. The highest BCUT2D eigenvalue weighted by Gasteiger charge is 2.30. The molecule has 0 spiro atoms. The lowest BCUT2D eigenvalue weighted by atomic mass is 9.87. The number of carbonyl (C=O) groups excluding carboxylic acids is 1. The van der Waals surface area contributed by atoms with E-state index in [-0.39, 0.29) is 16.5 Å². The van der Waals surface area contributed by atoms with Crippen molar-refractivity contribution >= 4 is 36.9 Å². The Balaban J connectivity index is 1.86. The second-order valence-corrected chi connectivity index (χ2v) is 12.6. The van der Waals surface area contributed by atoms with Crippen LogP contribution in [0.2, 0.25) is 0 Å². The monoisotopic (exact) mass is 504 g/mol. The van der Waals surface area contributed by atoms with Gasteiger partial charge in [-0.3, -0.25) is 0 Å². The summed E-state index contributed by atoms with van der Waals surface area (Å²) in [6.07, 6.45) is 2.48. The van der Waals surface area contributed by atoms with Crippen LogP contribution in [0.5, 0.6) is 0 Å². The molecule has 0 bridgehead atoms. The van der Waals surface area contributed by atoms with Crippen molar-refractivity contribution in [1.82, 2.24) is 8.28 Å². The predicted molar refractivity (Wildman–Crippen MR) is 130 cm³/mol. The normalized spacial score (nSPS) is 16.1. The maximum absolute atomic E-state index is 13.7. The number of piperidine rings is 1. The summed E-state index contributed by atoms with van der Waals surface area (Å²) in [7, 11) is -6.11. The Morgan fingerprint density at radius 2 is 1.59 bits per heavy atom. The Hall–Kier alpha value is -2.69. The number of esters is 1. The lowest BCUT2D eigenvalue weighted by molar-refractivity contribution is 0.0593. The average molecular weight is 505 g/mol. The minimum absolute atomic E-state index is 0.0680. The Kier molecular flexibility index (Phi) is 6.34. The van der Waals surface area contributed by atoms with Gasteiger partial charge in [0.15, 0.2) is 0 Å². The highest BCUT2D eigenvalue weighted by molar-refractivity contribution is 7.90. The van der Waals surface area contributed by atoms with Gasteiger partial charge in [-0.05, 0) is 74.1 Å². The quantitative estimate of drug-likeness (QED) is 0.494. The standard InChI is InChI=1S/C24H28N2O6S2/c1-16-5-7-20(8-6-16)34(30,31)26-22-15-21(18-9-11-25(12-10-18)33(4,28)29)17(2)13-19(22)14-23(26)24(27)32-3/h5-8,13-15,18H,9-12H2,1-4H3. The summed E-state index contributed by atoms with van der Waals surface area (Å²) in [6, 6.07) is 11.7. The van der Waals surface area contributed by atoms with E-state index in [4.69, 9.17) is 4.74 Å². The number of aromatic nitrogens is 1. The van der Waals surface area contributed by atoms with Crippen LogP contribution >= 0.6 is 0 Å². The van der Waals surface area contributed by atoms with Crippen molar-refractivity contribution in [2.24, 2.45) is 0 Å². The van der Waals surface area contributed by atoms with Crippen LogP contribution in [0.1, 0.15) is 45.9 Å². The zero-order valence-electron chi connectivity index (χ0n) is 19.6. The second-order valence-electron chi connectivity index (χ2n) is 8.81. The number of rotatable bonds is 5. The minimum Gasteiger partial charge on any atom is -0.464 e. The number of sulfonamides is 1. The number of hydrogen-bond acceptors (Lipinski definition) is 6. The molecular formula is C24H28N2O6S2. The van der Waals surface area contributed by atoms with Crippen molar-refractivity contribution in [3.8, 4) is 0 Å². The number of benzene rings is 2. The first kappa shape index (κ1) is 24.4. The number of hydrogen-bond donors (Lipinski definition) is 0. The van der Waals surface area contributed by atoms with E-state index in [1.807, 2.05) is 26.0 Å². The molecule has 1 aliphatic heterocycles. The van der Waals surface area contributed by atoms with Crippen LogP contribution in [0.15, 0.2) is 47.4 Å². The van der Waals surface area contributed by atoms with Crippen molar-refractivity contribution in [3.63, 3.8) is 0 Å². The van der Waals surface area contributed by atoms with E-state index in [0.29, 0.717) is 36.8 Å². The maximum atomic E-state index is 13.7. The summed E-state index contributed by atoms with van der Waals surface area (Å²) in [5.74, 6) is -0.665. The topological polar surface area (TPSA) is 103 Å². The van der Waals surface area contributed by atoms with Gasteiger partial charge in [0.25, 0.3) is 10.0 Å². The molecule has 1 fully saturated rings. The number of fused-ring (bicyclic) bond motifs is 1. The Bertz CT molecular complexity index is 1460. The SMILES string of the molecule is COC(=O)c1cc2cc(C)c(C3CCN(S(C)(=O)=O)CC3)cc2n1S(=O)(=O)c1ccc(C)cc1. The third-order valence-corrected chi connectivity index (χ3v) is 9.51. The molecule has 1 aliphatic rings. The summed E-state index contributed by atoms with van der Waals surface area (Å²) in [4.78, 5) is 12.6. The smallest absolute Gasteiger partial charge is 0.355 e. The first-order valence-electron chi connectivity index (χ1n) is 10.9. The third-order valence-electron chi connectivity index (χ3n) is 6.46. The predicted octanol–water partition coefficient (Wildman–Crippen LogP) is 3.42. The third kappa shape index (κ3) is 4.37. The fourth-order valence-corrected chi connectivity index (χ4v) is 6.99. The van der Waals surface area contributed by atoms with Gasteiger partial charge >= 0.3 is 5.97 Å². The number of ether oxygens (including phenoxy) is 1. The number of methoxy groups -OCH3 is 1. The van der Waals surface area contributed by atoms with E-state index < -0.39 is 26.0 Å². The Morgan fingerprint density at radius 3 is 2.15 bits per heavy atom. The molecule has 2 heterocycles. The molecule has 182 valence electrons. The van der Waals surface area contributed by atoms with Crippen molar-refractivity contribution in [2.45, 2.75) is 37.5 Å². The lowest BCUT2D eigenvalue weighted by Gasteiger charge is -2.31. The first-order chi connectivity index (χ1) is 15.9. The second kappa shape index (κ2) is 8.83. The highest BCUT2D eigenvalue weighted by atomic mass is 32.2. The van der Waals surface area contributed by atoms with Crippen LogP contribution < -0.4 is 0 Å². The van der Waals surface area contributed by atoms with Crippen LogP contribution in [0, 0.1) is 13.8 Å². The van der Waals surface area contributed by atoms with E-state index >= 15 is 0 Å². The zero-order chi connectivity index (χ0) is 24.8. The van der Waals surface area contributed by atoms with Gasteiger partial charge in [0.2, 0.25) is 10.0 Å². The number of carbonyl (C=O) groups is 1. The molecule has 10 heteroatoms. The van der Waals surface area contributed by atoms with Crippen LogP contribution in [0.4, 0.5) is 0 Å². The van der Waals surface area contributed by atoms with Crippen LogP contribution in [-0.4, -0.2) is 57.5 Å². The highest BCUT2D eigenvalue weighted by Crippen LogP contribution is 2.35. The van der Waals surface area contributed by atoms with Gasteiger partial charge in [-0.25, -0.2) is 29.9 Å². The largest absolute Gasteiger partial charge is 0.464 e. The summed E-state index contributed by atoms with van der Waals surface area (Å²) in [5, 5.41) is 0.617. The molecule has 4 rings (SSSR count). The van der Waals surface area contributed by atoms with Crippen LogP contribution in [0.3, 0.4) is 0 Å². The molecule has 0 unspecified atom stereocenters. The Morgan fingerprint density at radius 1 is 0.971 bits per heavy atom. The van der Waals surface area contributed by atoms with Gasteiger partial charge in [-0.2, -0.15) is 0 Å². The van der Waals surface area contributed by atoms with Crippen molar-refractivity contribution in [1.29, 1.82) is 0 Å². The fraction of sp³-hybridized carbons (Fsp3) is 0.375. The molecule has 34 heavy (non-hydrogen) atoms. The zero-order valence-corrected chi connectivity index (χ0v) is 21.2. The molecule has 0 N–H and O–H groups in total. The molecular weight excluding hydrogens is 476 g/mol. The van der Waals surface area contributed by atoms with Crippen molar-refractivity contribution < 1.29 is 26.4 Å². The van der Waals surface area contributed by atoms with Gasteiger partial charge in [0.1, 0.15) is 5.69 Å². The molecule has 0 saturated carbocycles. The van der Waals surface area contributed by atoms with E-state index in [2.05, 4.69) is 0 Å². The summed E-state index contributed by atoms with van der Waals surface area (Å²) < 4.78 is 58.5.